The number of nitrogens with zero attached hydrogens (tertiary/aromatic N) is 5. The average molecular weight is 514 g/mol. The second-order valence-corrected chi connectivity index (χ2v) is 8.46. The highest BCUT2D eigenvalue weighted by molar-refractivity contribution is 6.25. The van der Waals surface area contributed by atoms with E-state index in [9.17, 15) is 8.78 Å². The van der Waals surface area contributed by atoms with Gasteiger partial charge in [0, 0.05) is 54.1 Å². The largest absolute Gasteiger partial charge is 0.491 e. The summed E-state index contributed by atoms with van der Waals surface area (Å²) in [5, 5.41) is 4.33. The SMILES string of the molecule is C=NC1=C(C(=NCCCOc2cc(N)ccc2-n2cnc(C)n2)NCl)CCC1c1ccc(F)cc1F. The highest BCUT2D eigenvalue weighted by Crippen LogP contribution is 2.41. The number of rotatable bonds is 9. The molecule has 4 rings (SSSR count). The molecule has 1 heterocycles. The highest BCUT2D eigenvalue weighted by atomic mass is 35.5. The molecule has 188 valence electrons. The predicted octanol–water partition coefficient (Wildman–Crippen LogP) is 4.88. The number of hydrogen-bond acceptors (Lipinski definition) is 6. The monoisotopic (exact) mass is 513 g/mol. The zero-order valence-corrected chi connectivity index (χ0v) is 20.5. The number of ether oxygens (including phenoxy) is 1. The van der Waals surface area contributed by atoms with E-state index in [0.29, 0.717) is 66.8 Å². The molecule has 1 aromatic heterocycles. The van der Waals surface area contributed by atoms with E-state index in [4.69, 9.17) is 22.2 Å². The number of aromatic nitrogens is 3. The van der Waals surface area contributed by atoms with Gasteiger partial charge in [0.05, 0.1) is 12.3 Å². The van der Waals surface area contributed by atoms with Gasteiger partial charge in [-0.2, -0.15) is 5.10 Å². The number of aryl methyl sites for hydroxylation is 1. The summed E-state index contributed by atoms with van der Waals surface area (Å²) >= 11 is 5.97. The first-order valence-corrected chi connectivity index (χ1v) is 11.8. The highest BCUT2D eigenvalue weighted by Gasteiger charge is 2.30. The van der Waals surface area contributed by atoms with Crippen molar-refractivity contribution in [3.8, 4) is 11.4 Å². The fraction of sp³-hybridized carbons (Fsp3) is 0.280. The molecule has 0 saturated heterocycles. The molecule has 1 unspecified atom stereocenters. The molecule has 0 aliphatic heterocycles. The van der Waals surface area contributed by atoms with Gasteiger partial charge in [-0.25, -0.2) is 18.4 Å². The summed E-state index contributed by atoms with van der Waals surface area (Å²) in [5.41, 5.74) is 8.95. The lowest BCUT2D eigenvalue weighted by Gasteiger charge is -2.14. The number of anilines is 1. The van der Waals surface area contributed by atoms with Crippen LogP contribution in [0.15, 0.2) is 64.0 Å². The Balaban J connectivity index is 1.43. The Labute approximate surface area is 212 Å². The molecule has 0 fully saturated rings. The van der Waals surface area contributed by atoms with Crippen LogP contribution in [0.2, 0.25) is 0 Å². The van der Waals surface area contributed by atoms with Crippen molar-refractivity contribution < 1.29 is 13.5 Å². The van der Waals surface area contributed by atoms with Gasteiger partial charge in [-0.3, -0.25) is 14.8 Å². The van der Waals surface area contributed by atoms with Gasteiger partial charge in [-0.1, -0.05) is 6.07 Å². The molecule has 1 atom stereocenters. The topological polar surface area (TPSA) is 103 Å². The second-order valence-electron chi connectivity index (χ2n) is 8.27. The van der Waals surface area contributed by atoms with Crippen LogP contribution in [0.25, 0.3) is 5.69 Å². The molecule has 1 aliphatic rings. The molecule has 36 heavy (non-hydrogen) atoms. The molecule has 11 heteroatoms. The molecular weight excluding hydrogens is 488 g/mol. The Hall–Kier alpha value is -3.79. The molecule has 0 radical (unpaired) electrons. The van der Waals surface area contributed by atoms with Crippen LogP contribution in [0.3, 0.4) is 0 Å². The van der Waals surface area contributed by atoms with Gasteiger partial charge in [-0.15, -0.1) is 0 Å². The maximum absolute atomic E-state index is 14.4. The number of allylic oxidation sites excluding steroid dienone is 1. The van der Waals surface area contributed by atoms with Crippen molar-refractivity contribution in [1.29, 1.82) is 0 Å². The number of amidine groups is 1. The summed E-state index contributed by atoms with van der Waals surface area (Å²) in [6, 6.07) is 8.88. The van der Waals surface area contributed by atoms with Gasteiger partial charge in [0.25, 0.3) is 0 Å². The molecule has 0 amide bonds. The number of nitrogen functional groups attached to an aromatic ring is 1. The minimum atomic E-state index is -0.625. The number of halogens is 3. The number of benzene rings is 2. The maximum atomic E-state index is 14.4. The third-order valence-corrected chi connectivity index (χ3v) is 6.05. The second kappa shape index (κ2) is 11.3. The van der Waals surface area contributed by atoms with Gasteiger partial charge >= 0.3 is 0 Å². The van der Waals surface area contributed by atoms with E-state index in [1.807, 2.05) is 6.07 Å². The van der Waals surface area contributed by atoms with Crippen molar-refractivity contribution in [2.75, 3.05) is 18.9 Å². The van der Waals surface area contributed by atoms with E-state index in [2.05, 4.69) is 31.6 Å². The van der Waals surface area contributed by atoms with Crippen LogP contribution in [-0.4, -0.2) is 40.5 Å². The number of aliphatic imine (C=N–C) groups is 2. The molecule has 0 bridgehead atoms. The van der Waals surface area contributed by atoms with Gasteiger partial charge in [-0.05, 0) is 50.2 Å². The van der Waals surface area contributed by atoms with Crippen LogP contribution >= 0.6 is 11.8 Å². The van der Waals surface area contributed by atoms with Gasteiger partial charge in [0.15, 0.2) is 0 Å². The minimum absolute atomic E-state index is 0.348. The van der Waals surface area contributed by atoms with Crippen LogP contribution < -0.4 is 15.3 Å². The first-order chi connectivity index (χ1) is 17.4. The standard InChI is InChI=1S/C25H26ClF2N7O/c1-15-32-14-35(34-15)22-9-5-17(29)13-23(22)36-11-3-10-31-25(33-26)20-8-7-19(24(20)30-2)18-6-4-16(27)12-21(18)28/h4-6,9,12-14,19H,2-3,7-8,10-11,29H2,1H3,(H,31,33). The zero-order valence-electron chi connectivity index (χ0n) is 19.7. The van der Waals surface area contributed by atoms with Crippen LogP contribution in [0.5, 0.6) is 5.75 Å². The van der Waals surface area contributed by atoms with Crippen molar-refractivity contribution in [2.24, 2.45) is 9.98 Å². The van der Waals surface area contributed by atoms with Gasteiger partial charge in [0.2, 0.25) is 0 Å². The van der Waals surface area contributed by atoms with E-state index in [1.165, 1.54) is 12.1 Å². The van der Waals surface area contributed by atoms with Gasteiger partial charge < -0.3 is 10.5 Å². The van der Waals surface area contributed by atoms with Gasteiger partial charge in [0.1, 0.15) is 41.1 Å². The zero-order chi connectivity index (χ0) is 25.7. The lowest BCUT2D eigenvalue weighted by Crippen LogP contribution is -2.17. The van der Waals surface area contributed by atoms with E-state index < -0.39 is 11.6 Å². The van der Waals surface area contributed by atoms with Crippen LogP contribution in [0, 0.1) is 18.6 Å². The van der Waals surface area contributed by atoms with Crippen molar-refractivity contribution in [3.05, 3.63) is 77.0 Å². The molecule has 0 saturated carbocycles. The first kappa shape index (κ1) is 25.3. The lowest BCUT2D eigenvalue weighted by molar-refractivity contribution is 0.312. The number of nitrogens with two attached hydrogens (primary N) is 1. The van der Waals surface area contributed by atoms with Crippen molar-refractivity contribution in [1.82, 2.24) is 19.6 Å². The molecule has 0 spiro atoms. The Morgan fingerprint density at radius 1 is 1.31 bits per heavy atom. The number of nitrogens with one attached hydrogen (secondary N) is 1. The Bertz CT molecular complexity index is 1320. The third-order valence-electron chi connectivity index (χ3n) is 5.87. The Kier molecular flexibility index (Phi) is 7.94. The van der Waals surface area contributed by atoms with Crippen LogP contribution in [0.1, 0.15) is 36.6 Å². The Morgan fingerprint density at radius 3 is 2.83 bits per heavy atom. The third kappa shape index (κ3) is 5.54. The quantitative estimate of drug-likeness (QED) is 0.140. The van der Waals surface area contributed by atoms with Crippen molar-refractivity contribution in [2.45, 2.75) is 32.1 Å². The molecule has 1 aliphatic carbocycles. The summed E-state index contributed by atoms with van der Waals surface area (Å²) in [7, 11) is 0. The lowest BCUT2D eigenvalue weighted by atomic mass is 9.96. The maximum Gasteiger partial charge on any atom is 0.147 e. The number of hydrogen-bond donors (Lipinski definition) is 2. The van der Waals surface area contributed by atoms with Crippen LogP contribution in [-0.2, 0) is 0 Å². The van der Waals surface area contributed by atoms with Crippen molar-refractivity contribution in [3.63, 3.8) is 0 Å². The summed E-state index contributed by atoms with van der Waals surface area (Å²) in [4.78, 5) is 15.4. The van der Waals surface area contributed by atoms with E-state index in [0.717, 1.165) is 17.3 Å². The minimum Gasteiger partial charge on any atom is -0.491 e. The fourth-order valence-electron chi connectivity index (χ4n) is 4.21. The molecule has 2 aromatic carbocycles. The smallest absolute Gasteiger partial charge is 0.147 e. The van der Waals surface area contributed by atoms with E-state index in [1.54, 1.807) is 30.1 Å². The molecule has 3 N–H and O–H groups in total. The summed E-state index contributed by atoms with van der Waals surface area (Å²) in [6.07, 6.45) is 3.37. The normalized spacial score (nSPS) is 15.9. The summed E-state index contributed by atoms with van der Waals surface area (Å²) < 4.78 is 35.3. The summed E-state index contributed by atoms with van der Waals surface area (Å²) in [6.45, 7) is 6.24. The molecule has 3 aromatic rings. The predicted molar refractivity (Wildman–Crippen MR) is 137 cm³/mol. The molecule has 8 nitrogen and oxygen atoms in total. The average Bonchev–Trinajstić information content (AvgIpc) is 3.47. The Morgan fingerprint density at radius 2 is 2.14 bits per heavy atom. The first-order valence-electron chi connectivity index (χ1n) is 11.4. The fourth-order valence-corrected chi connectivity index (χ4v) is 4.39. The van der Waals surface area contributed by atoms with E-state index in [-0.39, 0.29) is 5.92 Å². The molecular formula is C25H26ClF2N7O. The van der Waals surface area contributed by atoms with Crippen molar-refractivity contribution >= 4 is 30.0 Å². The summed E-state index contributed by atoms with van der Waals surface area (Å²) in [5.74, 6) is 0.0949. The van der Waals surface area contributed by atoms with E-state index >= 15 is 0 Å². The van der Waals surface area contributed by atoms with Crippen LogP contribution in [0.4, 0.5) is 14.5 Å².